The Hall–Kier alpha value is -0.780. The van der Waals surface area contributed by atoms with Crippen LogP contribution in [0.1, 0.15) is 12.6 Å². The van der Waals surface area contributed by atoms with Gasteiger partial charge in [-0.15, -0.1) is 11.3 Å². The average Bonchev–Trinajstić information content (AvgIpc) is 2.47. The van der Waals surface area contributed by atoms with Crippen LogP contribution < -0.4 is 5.32 Å². The van der Waals surface area contributed by atoms with Gasteiger partial charge in [-0.25, -0.2) is 4.98 Å². The maximum absolute atomic E-state index is 11.7. The summed E-state index contributed by atoms with van der Waals surface area (Å²) in [5.74, 6) is 0. The third-order valence-electron chi connectivity index (χ3n) is 1.35. The molecule has 0 aliphatic carbocycles. The Balaban J connectivity index is 2.46. The first-order valence-electron chi connectivity index (χ1n) is 3.76. The van der Waals surface area contributed by atoms with E-state index in [0.29, 0.717) is 5.13 Å². The molecule has 1 heterocycles. The third kappa shape index (κ3) is 3.63. The summed E-state index contributed by atoms with van der Waals surface area (Å²) >= 11 is 1.19. The summed E-state index contributed by atoms with van der Waals surface area (Å²) in [6, 6.07) is 0. The van der Waals surface area contributed by atoms with Crippen molar-refractivity contribution in [2.75, 3.05) is 11.9 Å². The highest BCUT2D eigenvalue weighted by Gasteiger charge is 2.26. The number of nitrogens with one attached hydrogen (secondary N) is 1. The van der Waals surface area contributed by atoms with Crippen LogP contribution >= 0.6 is 11.3 Å². The molecule has 6 heteroatoms. The number of halogens is 3. The maximum Gasteiger partial charge on any atom is 0.405 e. The first-order chi connectivity index (χ1) is 6.01. The fourth-order valence-corrected chi connectivity index (χ4v) is 1.52. The molecule has 2 nitrogen and oxygen atoms in total. The number of aromatic nitrogens is 1. The first-order valence-corrected chi connectivity index (χ1v) is 4.64. The molecule has 0 saturated carbocycles. The lowest BCUT2D eigenvalue weighted by Gasteiger charge is -2.05. The van der Waals surface area contributed by atoms with Crippen molar-refractivity contribution >= 4 is 16.5 Å². The number of hydrogen-bond acceptors (Lipinski definition) is 3. The molecule has 1 aromatic heterocycles. The van der Waals surface area contributed by atoms with Crippen LogP contribution in [0, 0.1) is 0 Å². The van der Waals surface area contributed by atoms with Crippen LogP contribution in [0.5, 0.6) is 0 Å². The molecule has 0 bridgehead atoms. The molecule has 0 aromatic carbocycles. The van der Waals surface area contributed by atoms with E-state index in [0.717, 1.165) is 12.1 Å². The van der Waals surface area contributed by atoms with Crippen LogP contribution in [-0.4, -0.2) is 17.7 Å². The standard InChI is InChI=1S/C7H9F3N2S/c1-2-5-3-13-6(12-5)11-4-7(8,9)10/h3H,2,4H2,1H3,(H,11,12). The molecule has 13 heavy (non-hydrogen) atoms. The van der Waals surface area contributed by atoms with Gasteiger partial charge < -0.3 is 5.32 Å². The van der Waals surface area contributed by atoms with Gasteiger partial charge in [0.2, 0.25) is 0 Å². The van der Waals surface area contributed by atoms with Crippen molar-refractivity contribution in [1.29, 1.82) is 0 Å². The van der Waals surface area contributed by atoms with Crippen LogP contribution in [0.15, 0.2) is 5.38 Å². The average molecular weight is 210 g/mol. The van der Waals surface area contributed by atoms with Gasteiger partial charge >= 0.3 is 6.18 Å². The molecule has 0 atom stereocenters. The molecule has 0 unspecified atom stereocenters. The molecule has 1 aromatic rings. The summed E-state index contributed by atoms with van der Waals surface area (Å²) in [7, 11) is 0. The number of hydrogen-bond donors (Lipinski definition) is 1. The fourth-order valence-electron chi connectivity index (χ4n) is 0.726. The molecule has 0 aliphatic rings. The quantitative estimate of drug-likeness (QED) is 0.829. The smallest absolute Gasteiger partial charge is 0.352 e. The molecule has 1 N–H and O–H groups in total. The molecule has 1 rings (SSSR count). The summed E-state index contributed by atoms with van der Waals surface area (Å²) < 4.78 is 35.2. The van der Waals surface area contributed by atoms with Gasteiger partial charge in [-0.05, 0) is 6.42 Å². The number of nitrogens with zero attached hydrogens (tertiary/aromatic N) is 1. The Morgan fingerprint density at radius 2 is 2.23 bits per heavy atom. The molecule has 0 radical (unpaired) electrons. The number of anilines is 1. The van der Waals surface area contributed by atoms with E-state index in [1.54, 1.807) is 5.38 Å². The molecule has 0 fully saturated rings. The predicted octanol–water partition coefficient (Wildman–Crippen LogP) is 2.68. The maximum atomic E-state index is 11.7. The van der Waals surface area contributed by atoms with E-state index in [1.807, 2.05) is 6.92 Å². The second-order valence-electron chi connectivity index (χ2n) is 2.47. The van der Waals surface area contributed by atoms with Gasteiger partial charge in [0.1, 0.15) is 6.54 Å². The lowest BCUT2D eigenvalue weighted by Crippen LogP contribution is -2.21. The Morgan fingerprint density at radius 1 is 1.54 bits per heavy atom. The minimum atomic E-state index is -4.18. The van der Waals surface area contributed by atoms with Gasteiger partial charge in [0.25, 0.3) is 0 Å². The number of aryl methyl sites for hydroxylation is 1. The molecule has 0 amide bonds. The molecule has 0 saturated heterocycles. The van der Waals surface area contributed by atoms with Gasteiger partial charge in [0.05, 0.1) is 5.69 Å². The van der Waals surface area contributed by atoms with Crippen LogP contribution in [-0.2, 0) is 6.42 Å². The van der Waals surface area contributed by atoms with E-state index in [9.17, 15) is 13.2 Å². The molecular formula is C7H9F3N2S. The van der Waals surface area contributed by atoms with Gasteiger partial charge in [-0.3, -0.25) is 0 Å². The summed E-state index contributed by atoms with van der Waals surface area (Å²) in [4.78, 5) is 3.94. The Labute approximate surface area is 77.8 Å². The largest absolute Gasteiger partial charge is 0.405 e. The topological polar surface area (TPSA) is 24.9 Å². The zero-order valence-electron chi connectivity index (χ0n) is 6.98. The number of alkyl halides is 3. The molecule has 0 aliphatic heterocycles. The second-order valence-corrected chi connectivity index (χ2v) is 3.32. The number of thiazole rings is 1. The van der Waals surface area contributed by atoms with Crippen molar-refractivity contribution in [3.05, 3.63) is 11.1 Å². The first kappa shape index (κ1) is 10.3. The summed E-state index contributed by atoms with van der Waals surface area (Å²) in [6.07, 6.45) is -3.44. The van der Waals surface area contributed by atoms with Gasteiger partial charge in [-0.1, -0.05) is 6.92 Å². The molecule has 0 spiro atoms. The van der Waals surface area contributed by atoms with Gasteiger partial charge in [0.15, 0.2) is 5.13 Å². The van der Waals surface area contributed by atoms with Crippen LogP contribution in [0.4, 0.5) is 18.3 Å². The molecule has 74 valence electrons. The summed E-state index contributed by atoms with van der Waals surface area (Å²) in [5.41, 5.74) is 0.815. The van der Waals surface area contributed by atoms with Gasteiger partial charge in [0, 0.05) is 5.38 Å². The lowest BCUT2D eigenvalue weighted by molar-refractivity contribution is -0.115. The SMILES string of the molecule is CCc1csc(NCC(F)(F)F)n1. The Morgan fingerprint density at radius 3 is 2.69 bits per heavy atom. The van der Waals surface area contributed by atoms with E-state index in [2.05, 4.69) is 10.3 Å². The Kier molecular flexibility index (Phi) is 3.13. The van der Waals surface area contributed by atoms with Crippen molar-refractivity contribution in [3.63, 3.8) is 0 Å². The minimum Gasteiger partial charge on any atom is -0.352 e. The van der Waals surface area contributed by atoms with E-state index >= 15 is 0 Å². The highest BCUT2D eigenvalue weighted by Crippen LogP contribution is 2.19. The van der Waals surface area contributed by atoms with E-state index < -0.39 is 12.7 Å². The van der Waals surface area contributed by atoms with Crippen molar-refractivity contribution in [3.8, 4) is 0 Å². The number of rotatable bonds is 3. The highest BCUT2D eigenvalue weighted by molar-refractivity contribution is 7.13. The van der Waals surface area contributed by atoms with Crippen molar-refractivity contribution in [1.82, 2.24) is 4.98 Å². The summed E-state index contributed by atoms with van der Waals surface area (Å²) in [5, 5.41) is 4.30. The normalized spacial score (nSPS) is 11.7. The zero-order valence-corrected chi connectivity index (χ0v) is 7.80. The summed E-state index contributed by atoms with van der Waals surface area (Å²) in [6.45, 7) is 0.881. The fraction of sp³-hybridized carbons (Fsp3) is 0.571. The van der Waals surface area contributed by atoms with E-state index in [4.69, 9.17) is 0 Å². The lowest BCUT2D eigenvalue weighted by atomic mass is 10.4. The van der Waals surface area contributed by atoms with Gasteiger partial charge in [-0.2, -0.15) is 13.2 Å². The van der Waals surface area contributed by atoms with Crippen LogP contribution in [0.2, 0.25) is 0 Å². The monoisotopic (exact) mass is 210 g/mol. The van der Waals surface area contributed by atoms with Crippen LogP contribution in [0.25, 0.3) is 0 Å². The predicted molar refractivity (Wildman–Crippen MR) is 46.0 cm³/mol. The highest BCUT2D eigenvalue weighted by atomic mass is 32.1. The zero-order chi connectivity index (χ0) is 9.90. The van der Waals surface area contributed by atoms with E-state index in [-0.39, 0.29) is 0 Å². The van der Waals surface area contributed by atoms with Crippen molar-refractivity contribution < 1.29 is 13.2 Å². The second kappa shape index (κ2) is 3.95. The van der Waals surface area contributed by atoms with E-state index in [1.165, 1.54) is 11.3 Å². The van der Waals surface area contributed by atoms with Crippen LogP contribution in [0.3, 0.4) is 0 Å². The Bertz CT molecular complexity index is 269. The third-order valence-corrected chi connectivity index (χ3v) is 2.20. The molecular weight excluding hydrogens is 201 g/mol. The van der Waals surface area contributed by atoms with Crippen molar-refractivity contribution in [2.45, 2.75) is 19.5 Å². The minimum absolute atomic E-state index is 0.328. The van der Waals surface area contributed by atoms with Crippen molar-refractivity contribution in [2.24, 2.45) is 0 Å².